The Morgan fingerprint density at radius 3 is 2.90 bits per heavy atom. The lowest BCUT2D eigenvalue weighted by Gasteiger charge is -2.12. The van der Waals surface area contributed by atoms with E-state index in [2.05, 4.69) is 25.2 Å². The number of aryl methyl sites for hydroxylation is 2. The molecular weight excluding hydrogens is 288 g/mol. The minimum absolute atomic E-state index is 0.130. The van der Waals surface area contributed by atoms with E-state index < -0.39 is 0 Å². The van der Waals surface area contributed by atoms with Gasteiger partial charge in [-0.1, -0.05) is 9.70 Å². The van der Waals surface area contributed by atoms with Gasteiger partial charge in [-0.3, -0.25) is 4.79 Å². The van der Waals surface area contributed by atoms with Gasteiger partial charge in [-0.15, -0.1) is 10.2 Å². The van der Waals surface area contributed by atoms with Gasteiger partial charge in [0.15, 0.2) is 0 Å². The van der Waals surface area contributed by atoms with Crippen LogP contribution in [0.5, 0.6) is 0 Å². The van der Waals surface area contributed by atoms with Crippen LogP contribution in [-0.2, 0) is 7.05 Å². The molecule has 3 aromatic rings. The van der Waals surface area contributed by atoms with Crippen molar-refractivity contribution in [1.29, 1.82) is 0 Å². The van der Waals surface area contributed by atoms with E-state index in [0.29, 0.717) is 11.1 Å². The van der Waals surface area contributed by atoms with Crippen molar-refractivity contribution in [2.75, 3.05) is 0 Å². The molecule has 0 fully saturated rings. The lowest BCUT2D eigenvalue weighted by molar-refractivity contribution is 0.0940. The van der Waals surface area contributed by atoms with Crippen LogP contribution in [0.1, 0.15) is 33.9 Å². The molecule has 0 radical (unpaired) electrons. The number of nitrogens with one attached hydrogen (secondary N) is 1. The molecule has 1 amide bonds. The summed E-state index contributed by atoms with van der Waals surface area (Å²) in [6.07, 6.45) is 0. The number of carbonyl (C=O) groups excluding carboxylic acids is 1. The number of hydrogen-bond donors (Lipinski definition) is 1. The van der Waals surface area contributed by atoms with Gasteiger partial charge in [0.1, 0.15) is 5.52 Å². The zero-order valence-corrected chi connectivity index (χ0v) is 12.7. The number of amides is 1. The maximum Gasteiger partial charge on any atom is 0.251 e. The number of aromatic nitrogens is 5. The molecule has 2 aromatic heterocycles. The van der Waals surface area contributed by atoms with E-state index in [0.717, 1.165) is 16.1 Å². The molecule has 0 spiro atoms. The second-order valence-electron chi connectivity index (χ2n) is 4.83. The number of fused-ring (bicyclic) bond motifs is 1. The molecule has 0 aliphatic rings. The number of rotatable bonds is 3. The van der Waals surface area contributed by atoms with E-state index in [4.69, 9.17) is 0 Å². The zero-order valence-electron chi connectivity index (χ0n) is 11.9. The van der Waals surface area contributed by atoms with Crippen LogP contribution in [0.3, 0.4) is 0 Å². The largest absolute Gasteiger partial charge is 0.345 e. The smallest absolute Gasteiger partial charge is 0.251 e. The van der Waals surface area contributed by atoms with Crippen LogP contribution >= 0.6 is 11.5 Å². The molecule has 8 heteroatoms. The van der Waals surface area contributed by atoms with E-state index in [1.165, 1.54) is 11.5 Å². The minimum atomic E-state index is -0.150. The van der Waals surface area contributed by atoms with Crippen LogP contribution in [0.15, 0.2) is 18.2 Å². The van der Waals surface area contributed by atoms with E-state index >= 15 is 0 Å². The van der Waals surface area contributed by atoms with E-state index in [1.54, 1.807) is 16.8 Å². The Labute approximate surface area is 125 Å². The van der Waals surface area contributed by atoms with Crippen molar-refractivity contribution in [3.05, 3.63) is 34.3 Å². The molecule has 7 nitrogen and oxygen atoms in total. The summed E-state index contributed by atoms with van der Waals surface area (Å²) in [7, 11) is 1.82. The van der Waals surface area contributed by atoms with Crippen molar-refractivity contribution in [2.45, 2.75) is 19.9 Å². The van der Waals surface area contributed by atoms with Gasteiger partial charge in [-0.25, -0.2) is 4.68 Å². The lowest BCUT2D eigenvalue weighted by atomic mass is 10.1. The van der Waals surface area contributed by atoms with Crippen LogP contribution < -0.4 is 5.32 Å². The molecule has 1 unspecified atom stereocenters. The first-order valence-electron chi connectivity index (χ1n) is 6.45. The normalized spacial score (nSPS) is 12.5. The molecule has 1 atom stereocenters. The average Bonchev–Trinajstić information content (AvgIpc) is 3.05. The maximum atomic E-state index is 12.3. The molecule has 0 saturated carbocycles. The molecular formula is C13H14N6OS. The molecule has 0 saturated heterocycles. The van der Waals surface area contributed by atoms with Crippen molar-refractivity contribution >= 4 is 28.5 Å². The molecule has 0 bridgehead atoms. The number of carbonyl (C=O) groups is 1. The van der Waals surface area contributed by atoms with Gasteiger partial charge in [-0.05, 0) is 43.6 Å². The maximum absolute atomic E-state index is 12.3. The van der Waals surface area contributed by atoms with Gasteiger partial charge in [0.05, 0.1) is 22.1 Å². The number of benzene rings is 1. The van der Waals surface area contributed by atoms with Crippen molar-refractivity contribution < 1.29 is 4.79 Å². The molecule has 0 aliphatic heterocycles. The minimum Gasteiger partial charge on any atom is -0.345 e. The summed E-state index contributed by atoms with van der Waals surface area (Å²) in [6.45, 7) is 3.80. The Morgan fingerprint density at radius 2 is 2.19 bits per heavy atom. The third-order valence-corrected chi connectivity index (χ3v) is 4.31. The molecule has 3 rings (SSSR count). The summed E-state index contributed by atoms with van der Waals surface area (Å²) in [4.78, 5) is 13.3. The van der Waals surface area contributed by atoms with Gasteiger partial charge in [0.2, 0.25) is 0 Å². The van der Waals surface area contributed by atoms with E-state index in [9.17, 15) is 4.79 Å². The lowest BCUT2D eigenvalue weighted by Crippen LogP contribution is -2.26. The molecule has 0 aliphatic carbocycles. The first-order chi connectivity index (χ1) is 10.1. The summed E-state index contributed by atoms with van der Waals surface area (Å²) in [5, 5.41) is 14.9. The Morgan fingerprint density at radius 1 is 1.38 bits per heavy atom. The fourth-order valence-corrected chi connectivity index (χ4v) is 2.80. The van der Waals surface area contributed by atoms with Crippen LogP contribution in [-0.4, -0.2) is 30.5 Å². The second-order valence-corrected chi connectivity index (χ2v) is 5.62. The van der Waals surface area contributed by atoms with Crippen molar-refractivity contribution in [1.82, 2.24) is 29.9 Å². The highest BCUT2D eigenvalue weighted by molar-refractivity contribution is 7.05. The van der Waals surface area contributed by atoms with Crippen LogP contribution in [0.25, 0.3) is 11.0 Å². The van der Waals surface area contributed by atoms with Gasteiger partial charge in [-0.2, -0.15) is 0 Å². The quantitative estimate of drug-likeness (QED) is 0.794. The highest BCUT2D eigenvalue weighted by atomic mass is 32.1. The SMILES string of the molecule is Cc1nnsc1C(C)NC(=O)c1ccc2c(c1)nnn2C. The highest BCUT2D eigenvalue weighted by Gasteiger charge is 2.16. The highest BCUT2D eigenvalue weighted by Crippen LogP contribution is 2.20. The molecule has 1 aromatic carbocycles. The number of nitrogens with zero attached hydrogens (tertiary/aromatic N) is 5. The second kappa shape index (κ2) is 5.21. The first-order valence-corrected chi connectivity index (χ1v) is 7.22. The predicted molar refractivity (Wildman–Crippen MR) is 79.0 cm³/mol. The van der Waals surface area contributed by atoms with Crippen molar-refractivity contribution in [3.8, 4) is 0 Å². The Balaban J connectivity index is 1.82. The van der Waals surface area contributed by atoms with Crippen LogP contribution in [0.2, 0.25) is 0 Å². The summed E-state index contributed by atoms with van der Waals surface area (Å²) >= 11 is 1.30. The van der Waals surface area contributed by atoms with Gasteiger partial charge in [0, 0.05) is 12.6 Å². The predicted octanol–water partition coefficient (Wildman–Crippen LogP) is 1.62. The van der Waals surface area contributed by atoms with E-state index in [-0.39, 0.29) is 11.9 Å². The third-order valence-electron chi connectivity index (χ3n) is 3.30. The first kappa shape index (κ1) is 13.6. The molecule has 1 N–H and O–H groups in total. The fourth-order valence-electron chi connectivity index (χ4n) is 2.16. The summed E-state index contributed by atoms with van der Waals surface area (Å²) < 4.78 is 5.56. The standard InChI is InChI=1S/C13H14N6OS/c1-7(12-8(2)15-18-21-12)14-13(20)9-4-5-11-10(6-9)16-17-19(11)3/h4-7H,1-3H3,(H,14,20). The molecule has 21 heavy (non-hydrogen) atoms. The topological polar surface area (TPSA) is 85.6 Å². The van der Waals surface area contributed by atoms with Crippen molar-refractivity contribution in [2.24, 2.45) is 7.05 Å². The van der Waals surface area contributed by atoms with Crippen LogP contribution in [0, 0.1) is 6.92 Å². The Kier molecular flexibility index (Phi) is 3.38. The van der Waals surface area contributed by atoms with Gasteiger partial charge >= 0.3 is 0 Å². The molecule has 108 valence electrons. The summed E-state index contributed by atoms with van der Waals surface area (Å²) in [5.74, 6) is -0.150. The monoisotopic (exact) mass is 302 g/mol. The Bertz CT molecular complexity index is 808. The third kappa shape index (κ3) is 2.49. The van der Waals surface area contributed by atoms with E-state index in [1.807, 2.05) is 27.0 Å². The fraction of sp³-hybridized carbons (Fsp3) is 0.308. The van der Waals surface area contributed by atoms with Crippen molar-refractivity contribution in [3.63, 3.8) is 0 Å². The Hall–Kier alpha value is -2.35. The summed E-state index contributed by atoms with van der Waals surface area (Å²) in [6, 6.07) is 5.22. The van der Waals surface area contributed by atoms with Gasteiger partial charge < -0.3 is 5.32 Å². The van der Waals surface area contributed by atoms with Crippen LogP contribution in [0.4, 0.5) is 0 Å². The van der Waals surface area contributed by atoms with Gasteiger partial charge in [0.25, 0.3) is 5.91 Å². The number of hydrogen-bond acceptors (Lipinski definition) is 6. The average molecular weight is 302 g/mol. The molecule has 2 heterocycles. The zero-order chi connectivity index (χ0) is 15.0. The summed E-state index contributed by atoms with van der Waals surface area (Å²) in [5.41, 5.74) is 3.00.